The summed E-state index contributed by atoms with van der Waals surface area (Å²) < 4.78 is 37.8. The molecule has 1 aliphatic heterocycles. The molecule has 0 bridgehead atoms. The molecule has 0 unspecified atom stereocenters. The minimum Gasteiger partial charge on any atom is -0.495 e. The van der Waals surface area contributed by atoms with Crippen LogP contribution in [0.4, 0.5) is 4.79 Å². The molecule has 1 aromatic rings. The number of ether oxygens (including phenoxy) is 2. The van der Waals surface area contributed by atoms with E-state index in [1.807, 2.05) is 0 Å². The molecule has 1 aromatic carbocycles. The van der Waals surface area contributed by atoms with E-state index < -0.39 is 34.0 Å². The lowest BCUT2D eigenvalue weighted by atomic mass is 10.2. The summed E-state index contributed by atoms with van der Waals surface area (Å²) in [6, 6.07) is 3.17. The minimum absolute atomic E-state index is 0.0532. The van der Waals surface area contributed by atoms with Gasteiger partial charge in [-0.3, -0.25) is 9.69 Å². The number of hydrogen-bond acceptors (Lipinski definition) is 7. The minimum atomic E-state index is -3.87. The first kappa shape index (κ1) is 20.1. The topological polar surface area (TPSA) is 131 Å². The molecule has 0 radical (unpaired) electrons. The van der Waals surface area contributed by atoms with E-state index in [2.05, 4.69) is 10.0 Å². The Bertz CT molecular complexity index is 911. The molecule has 3 rings (SSSR count). The van der Waals surface area contributed by atoms with Crippen molar-refractivity contribution in [3.8, 4) is 5.75 Å². The zero-order chi connectivity index (χ0) is 20.5. The highest BCUT2D eigenvalue weighted by atomic mass is 32.2. The lowest BCUT2D eigenvalue weighted by Crippen LogP contribution is -2.41. The van der Waals surface area contributed by atoms with Gasteiger partial charge in [-0.05, 0) is 38.0 Å². The van der Waals surface area contributed by atoms with E-state index in [0.29, 0.717) is 6.54 Å². The molecule has 1 saturated carbocycles. The van der Waals surface area contributed by atoms with Gasteiger partial charge in [-0.25, -0.2) is 22.7 Å². The summed E-state index contributed by atoms with van der Waals surface area (Å²) in [4.78, 5) is 37.0. The van der Waals surface area contributed by atoms with Crippen LogP contribution in [0.3, 0.4) is 0 Å². The van der Waals surface area contributed by atoms with Crippen LogP contribution in [0.2, 0.25) is 0 Å². The highest BCUT2D eigenvalue weighted by molar-refractivity contribution is 7.89. The molecule has 1 atom stereocenters. The average Bonchev–Trinajstić information content (AvgIpc) is 3.36. The Balaban J connectivity index is 1.77. The fraction of sp³-hybridized carbons (Fsp3) is 0.471. The first-order valence-corrected chi connectivity index (χ1v) is 10.2. The van der Waals surface area contributed by atoms with Crippen molar-refractivity contribution in [2.24, 2.45) is 0 Å². The molecule has 2 N–H and O–H groups in total. The summed E-state index contributed by atoms with van der Waals surface area (Å²) >= 11 is 0. The number of carbonyl (C=O) groups excluding carboxylic acids is 3. The van der Waals surface area contributed by atoms with Crippen LogP contribution in [0.1, 0.15) is 30.1 Å². The SMILES string of the molecule is COc1ccc(C(=O)O[C@H](C)C(=O)N2CCNC2=O)cc1S(=O)(=O)NC1CC1. The van der Waals surface area contributed by atoms with Gasteiger partial charge in [0.15, 0.2) is 6.10 Å². The zero-order valence-corrected chi connectivity index (χ0v) is 16.2. The fourth-order valence-electron chi connectivity index (χ4n) is 2.68. The molecule has 1 saturated heterocycles. The molecule has 2 aliphatic rings. The van der Waals surface area contributed by atoms with Gasteiger partial charge in [0.1, 0.15) is 10.6 Å². The standard InChI is InChI=1S/C17H21N3O7S/c1-10(15(21)20-8-7-18-17(20)23)27-16(22)11-3-6-13(26-2)14(9-11)28(24,25)19-12-4-5-12/h3,6,9-10,12,19H,4-5,7-8H2,1-2H3,(H,18,23)/t10-/m1/s1. The number of urea groups is 1. The van der Waals surface area contributed by atoms with Gasteiger partial charge in [0.2, 0.25) is 10.0 Å². The van der Waals surface area contributed by atoms with Gasteiger partial charge in [-0.1, -0.05) is 0 Å². The van der Waals surface area contributed by atoms with Crippen molar-refractivity contribution in [2.75, 3.05) is 20.2 Å². The second kappa shape index (κ2) is 7.76. The number of esters is 1. The Hall–Kier alpha value is -2.66. The first-order chi connectivity index (χ1) is 13.2. The average molecular weight is 411 g/mol. The molecule has 2 fully saturated rings. The number of carbonyl (C=O) groups is 3. The molecule has 10 nitrogen and oxygen atoms in total. The van der Waals surface area contributed by atoms with Gasteiger partial charge >= 0.3 is 12.0 Å². The third-order valence-corrected chi connectivity index (χ3v) is 5.88. The Kier molecular flexibility index (Phi) is 5.57. The van der Waals surface area contributed by atoms with Crippen molar-refractivity contribution in [3.05, 3.63) is 23.8 Å². The Labute approximate surface area is 162 Å². The number of sulfonamides is 1. The van der Waals surface area contributed by atoms with Gasteiger partial charge in [0.05, 0.1) is 12.7 Å². The molecule has 3 amide bonds. The number of benzene rings is 1. The van der Waals surface area contributed by atoms with E-state index in [1.165, 1.54) is 26.2 Å². The Morgan fingerprint density at radius 1 is 1.32 bits per heavy atom. The number of nitrogens with zero attached hydrogens (tertiary/aromatic N) is 1. The summed E-state index contributed by atoms with van der Waals surface area (Å²) in [5.74, 6) is -1.45. The number of hydrogen-bond donors (Lipinski definition) is 2. The molecular formula is C17H21N3O7S. The summed E-state index contributed by atoms with van der Waals surface area (Å²) in [6.07, 6.45) is 0.308. The molecule has 0 spiro atoms. The van der Waals surface area contributed by atoms with Crippen LogP contribution >= 0.6 is 0 Å². The molecule has 0 aromatic heterocycles. The van der Waals surface area contributed by atoms with Crippen LogP contribution in [0, 0.1) is 0 Å². The zero-order valence-electron chi connectivity index (χ0n) is 15.4. The van der Waals surface area contributed by atoms with E-state index in [1.54, 1.807) is 0 Å². The lowest BCUT2D eigenvalue weighted by molar-refractivity contribution is -0.136. The van der Waals surface area contributed by atoms with E-state index in [9.17, 15) is 22.8 Å². The molecule has 28 heavy (non-hydrogen) atoms. The highest BCUT2D eigenvalue weighted by Gasteiger charge is 2.33. The number of amides is 3. The number of rotatable bonds is 7. The second-order valence-electron chi connectivity index (χ2n) is 6.53. The number of methoxy groups -OCH3 is 1. The molecule has 152 valence electrons. The van der Waals surface area contributed by atoms with Crippen LogP contribution in [-0.2, 0) is 19.6 Å². The second-order valence-corrected chi connectivity index (χ2v) is 8.21. The van der Waals surface area contributed by atoms with Gasteiger partial charge in [0, 0.05) is 19.1 Å². The largest absolute Gasteiger partial charge is 0.495 e. The van der Waals surface area contributed by atoms with E-state index in [4.69, 9.17) is 9.47 Å². The predicted molar refractivity (Wildman–Crippen MR) is 96.3 cm³/mol. The number of imide groups is 1. The molecular weight excluding hydrogens is 390 g/mol. The van der Waals surface area contributed by atoms with Crippen LogP contribution in [0.15, 0.2) is 23.1 Å². The monoisotopic (exact) mass is 411 g/mol. The normalized spacial score (nSPS) is 17.8. The summed E-state index contributed by atoms with van der Waals surface area (Å²) in [6.45, 7) is 1.87. The summed E-state index contributed by atoms with van der Waals surface area (Å²) in [5.41, 5.74) is -0.0532. The van der Waals surface area contributed by atoms with Crippen molar-refractivity contribution in [2.45, 2.75) is 36.8 Å². The van der Waals surface area contributed by atoms with Crippen LogP contribution in [0.5, 0.6) is 5.75 Å². The van der Waals surface area contributed by atoms with Crippen LogP contribution in [-0.4, -0.2) is 63.6 Å². The van der Waals surface area contributed by atoms with E-state index in [0.717, 1.165) is 23.8 Å². The molecule has 1 heterocycles. The van der Waals surface area contributed by atoms with Gasteiger partial charge in [-0.2, -0.15) is 0 Å². The lowest BCUT2D eigenvalue weighted by Gasteiger charge is -2.18. The Morgan fingerprint density at radius 3 is 2.61 bits per heavy atom. The van der Waals surface area contributed by atoms with Crippen molar-refractivity contribution in [3.63, 3.8) is 0 Å². The van der Waals surface area contributed by atoms with Crippen molar-refractivity contribution in [1.82, 2.24) is 14.9 Å². The maximum Gasteiger partial charge on any atom is 0.338 e. The molecule has 1 aliphatic carbocycles. The summed E-state index contributed by atoms with van der Waals surface area (Å²) in [5, 5.41) is 2.49. The summed E-state index contributed by atoms with van der Waals surface area (Å²) in [7, 11) is -2.55. The van der Waals surface area contributed by atoms with Crippen molar-refractivity contribution >= 4 is 27.9 Å². The van der Waals surface area contributed by atoms with E-state index in [-0.39, 0.29) is 28.8 Å². The third kappa shape index (κ3) is 4.25. The van der Waals surface area contributed by atoms with Crippen molar-refractivity contribution < 1.29 is 32.3 Å². The van der Waals surface area contributed by atoms with Crippen LogP contribution in [0.25, 0.3) is 0 Å². The van der Waals surface area contributed by atoms with Crippen molar-refractivity contribution in [1.29, 1.82) is 0 Å². The van der Waals surface area contributed by atoms with Gasteiger partial charge in [-0.15, -0.1) is 0 Å². The fourth-order valence-corrected chi connectivity index (χ4v) is 4.18. The smallest absolute Gasteiger partial charge is 0.338 e. The maximum absolute atomic E-state index is 12.5. The third-order valence-electron chi connectivity index (χ3n) is 4.34. The van der Waals surface area contributed by atoms with Gasteiger partial charge < -0.3 is 14.8 Å². The van der Waals surface area contributed by atoms with Crippen LogP contribution < -0.4 is 14.8 Å². The van der Waals surface area contributed by atoms with Gasteiger partial charge in [0.25, 0.3) is 5.91 Å². The van der Waals surface area contributed by atoms with E-state index >= 15 is 0 Å². The first-order valence-electron chi connectivity index (χ1n) is 8.73. The maximum atomic E-state index is 12.5. The predicted octanol–water partition coefficient (Wildman–Crippen LogP) is 0.233. The Morgan fingerprint density at radius 2 is 2.04 bits per heavy atom. The molecule has 11 heteroatoms. The quantitative estimate of drug-likeness (QED) is 0.614. The number of nitrogens with one attached hydrogen (secondary N) is 2. The highest BCUT2D eigenvalue weighted by Crippen LogP contribution is 2.28.